The molecular formula is C41H82O10S. The molecule has 4 N–H and O–H groups in total. The van der Waals surface area contributed by atoms with Gasteiger partial charge in [-0.15, -0.1) is 0 Å². The molecule has 0 aromatic carbocycles. The predicted octanol–water partition coefficient (Wildman–Crippen LogP) is 9.06. The molecule has 0 amide bonds. The van der Waals surface area contributed by atoms with E-state index >= 15 is 0 Å². The molecule has 1 rings (SSSR count). The molecule has 0 spiro atoms. The van der Waals surface area contributed by atoms with Gasteiger partial charge in [0.1, 0.15) is 36.3 Å². The fourth-order valence-electron chi connectivity index (χ4n) is 6.91. The molecule has 6 unspecified atom stereocenters. The summed E-state index contributed by atoms with van der Waals surface area (Å²) in [5.74, 6) is -0.931. The maximum absolute atomic E-state index is 11.4. The first-order chi connectivity index (χ1) is 25.2. The van der Waals surface area contributed by atoms with Crippen LogP contribution in [0.1, 0.15) is 194 Å². The van der Waals surface area contributed by atoms with E-state index in [1.807, 2.05) is 0 Å². The molecule has 11 heteroatoms. The van der Waals surface area contributed by atoms with Crippen LogP contribution in [0.4, 0.5) is 0 Å². The number of hydrogen-bond acceptors (Lipinski definition) is 9. The first-order valence-electron chi connectivity index (χ1n) is 21.6. The van der Waals surface area contributed by atoms with Gasteiger partial charge in [-0.3, -0.25) is 4.55 Å². The first kappa shape index (κ1) is 49.6. The van der Waals surface area contributed by atoms with Crippen molar-refractivity contribution in [3.05, 3.63) is 0 Å². The molecule has 0 saturated carbocycles. The Labute approximate surface area is 319 Å². The van der Waals surface area contributed by atoms with Crippen LogP contribution in [0.15, 0.2) is 0 Å². The predicted molar refractivity (Wildman–Crippen MR) is 210 cm³/mol. The summed E-state index contributed by atoms with van der Waals surface area (Å²) >= 11 is 0. The lowest BCUT2D eigenvalue weighted by Gasteiger charge is -2.40. The van der Waals surface area contributed by atoms with Crippen molar-refractivity contribution >= 4 is 10.1 Å². The van der Waals surface area contributed by atoms with Crippen molar-refractivity contribution in [2.75, 3.05) is 32.2 Å². The quantitative estimate of drug-likeness (QED) is 0.0354. The van der Waals surface area contributed by atoms with Gasteiger partial charge < -0.3 is 34.3 Å². The van der Waals surface area contributed by atoms with E-state index in [-0.39, 0.29) is 6.61 Å². The van der Waals surface area contributed by atoms with Gasteiger partial charge in [0.05, 0.1) is 13.2 Å². The minimum atomic E-state index is -4.50. The molecular weight excluding hydrogens is 685 g/mol. The van der Waals surface area contributed by atoms with E-state index in [0.29, 0.717) is 19.8 Å². The van der Waals surface area contributed by atoms with Crippen molar-refractivity contribution < 1.29 is 47.2 Å². The Bertz CT molecular complexity index is 876. The Balaban J connectivity index is 2.32. The number of aliphatic hydroxyl groups is 3. The Morgan fingerprint density at radius 3 is 1.31 bits per heavy atom. The molecule has 312 valence electrons. The van der Waals surface area contributed by atoms with E-state index < -0.39 is 52.7 Å². The second-order valence-corrected chi connectivity index (χ2v) is 16.9. The summed E-state index contributed by atoms with van der Waals surface area (Å²) in [6.07, 6.45) is 27.7. The summed E-state index contributed by atoms with van der Waals surface area (Å²) in [4.78, 5) is 0. The van der Waals surface area contributed by atoms with Gasteiger partial charge in [0.15, 0.2) is 6.29 Å². The first-order valence-corrected chi connectivity index (χ1v) is 23.3. The summed E-state index contributed by atoms with van der Waals surface area (Å²) in [7, 11) is -4.50. The fourth-order valence-corrected chi connectivity index (χ4v) is 7.60. The summed E-state index contributed by atoms with van der Waals surface area (Å²) in [6.45, 7) is 5.95. The highest BCUT2D eigenvalue weighted by atomic mass is 32.2. The topological polar surface area (TPSA) is 152 Å². The van der Waals surface area contributed by atoms with E-state index in [2.05, 4.69) is 13.8 Å². The Kier molecular flexibility index (Phi) is 32.4. The summed E-state index contributed by atoms with van der Waals surface area (Å²) < 4.78 is 55.3. The van der Waals surface area contributed by atoms with Gasteiger partial charge in [-0.2, -0.15) is 8.42 Å². The second-order valence-electron chi connectivity index (χ2n) is 15.4. The van der Waals surface area contributed by atoms with Gasteiger partial charge in [-0.05, 0) is 12.8 Å². The van der Waals surface area contributed by atoms with Crippen LogP contribution in [0.2, 0.25) is 0 Å². The molecule has 1 fully saturated rings. The highest BCUT2D eigenvalue weighted by molar-refractivity contribution is 7.85. The molecule has 0 aromatic rings. The lowest BCUT2D eigenvalue weighted by molar-refractivity contribution is -0.297. The number of aliphatic hydroxyl groups excluding tert-OH is 3. The van der Waals surface area contributed by atoms with E-state index in [1.54, 1.807) is 0 Å². The van der Waals surface area contributed by atoms with Crippen LogP contribution >= 0.6 is 0 Å². The van der Waals surface area contributed by atoms with Crippen molar-refractivity contribution in [2.45, 2.75) is 230 Å². The largest absolute Gasteiger partial charge is 0.388 e. The standard InChI is InChI=1S/C41H82O10S/c1-3-5-7-9-11-13-15-17-19-21-23-25-27-29-31-48-33-36(34-50-41-40(44)39(43)38(42)37(51-41)35-52(45,46)47)49-32-30-28-26-24-22-20-18-16-14-12-10-8-6-4-2/h36-44H,3-35H2,1-2H3,(H,45,46,47). The number of ether oxygens (including phenoxy) is 4. The SMILES string of the molecule is CCCCCCCCCCCCCCCCOCC(COC1OC(CS(=O)(=O)O)C(O)C(O)C1O)OCCCCCCCCCCCCCCCC. The molecule has 1 heterocycles. The zero-order valence-electron chi connectivity index (χ0n) is 33.4. The van der Waals surface area contributed by atoms with E-state index in [9.17, 15) is 28.3 Å². The molecule has 0 bridgehead atoms. The number of unbranched alkanes of at least 4 members (excludes halogenated alkanes) is 26. The minimum Gasteiger partial charge on any atom is -0.388 e. The highest BCUT2D eigenvalue weighted by Crippen LogP contribution is 2.24. The lowest BCUT2D eigenvalue weighted by Crippen LogP contribution is -2.60. The van der Waals surface area contributed by atoms with Crippen LogP contribution in [0.25, 0.3) is 0 Å². The Hall–Kier alpha value is -0.370. The van der Waals surface area contributed by atoms with E-state index in [0.717, 1.165) is 25.7 Å². The third kappa shape index (κ3) is 28.1. The normalized spacial score (nSPS) is 21.5. The van der Waals surface area contributed by atoms with E-state index in [4.69, 9.17) is 18.9 Å². The average molecular weight is 767 g/mol. The molecule has 52 heavy (non-hydrogen) atoms. The van der Waals surface area contributed by atoms with Crippen LogP contribution in [-0.2, 0) is 29.1 Å². The monoisotopic (exact) mass is 767 g/mol. The van der Waals surface area contributed by atoms with Crippen molar-refractivity contribution in [1.82, 2.24) is 0 Å². The van der Waals surface area contributed by atoms with Crippen LogP contribution < -0.4 is 0 Å². The molecule has 0 aromatic heterocycles. The van der Waals surface area contributed by atoms with Gasteiger partial charge in [0, 0.05) is 13.2 Å². The summed E-state index contributed by atoms with van der Waals surface area (Å²) in [6, 6.07) is 0. The zero-order chi connectivity index (χ0) is 38.1. The zero-order valence-corrected chi connectivity index (χ0v) is 34.3. The average Bonchev–Trinajstić information content (AvgIpc) is 3.11. The van der Waals surface area contributed by atoms with Gasteiger partial charge in [0.25, 0.3) is 10.1 Å². The fraction of sp³-hybridized carbons (Fsp3) is 1.00. The number of hydrogen-bond donors (Lipinski definition) is 4. The minimum absolute atomic E-state index is 0.0134. The van der Waals surface area contributed by atoms with Crippen LogP contribution in [0, 0.1) is 0 Å². The van der Waals surface area contributed by atoms with E-state index in [1.165, 1.54) is 154 Å². The van der Waals surface area contributed by atoms with Crippen LogP contribution in [0.5, 0.6) is 0 Å². The maximum atomic E-state index is 11.4. The molecule has 1 aliphatic heterocycles. The number of rotatable bonds is 38. The molecule has 1 aliphatic rings. The molecule has 6 atom stereocenters. The molecule has 0 radical (unpaired) electrons. The highest BCUT2D eigenvalue weighted by Gasteiger charge is 2.45. The molecule has 0 aliphatic carbocycles. The maximum Gasteiger partial charge on any atom is 0.267 e. The smallest absolute Gasteiger partial charge is 0.267 e. The van der Waals surface area contributed by atoms with Gasteiger partial charge in [-0.25, -0.2) is 0 Å². The van der Waals surface area contributed by atoms with Crippen molar-refractivity contribution in [2.24, 2.45) is 0 Å². The van der Waals surface area contributed by atoms with Gasteiger partial charge >= 0.3 is 0 Å². The Morgan fingerprint density at radius 2 is 0.904 bits per heavy atom. The second kappa shape index (κ2) is 33.9. The third-order valence-corrected chi connectivity index (χ3v) is 11.0. The van der Waals surface area contributed by atoms with Crippen molar-refractivity contribution in [1.29, 1.82) is 0 Å². The van der Waals surface area contributed by atoms with Crippen molar-refractivity contribution in [3.63, 3.8) is 0 Å². The van der Waals surface area contributed by atoms with Gasteiger partial charge in [-0.1, -0.05) is 181 Å². The van der Waals surface area contributed by atoms with Gasteiger partial charge in [0.2, 0.25) is 0 Å². The Morgan fingerprint density at radius 1 is 0.519 bits per heavy atom. The van der Waals surface area contributed by atoms with Crippen LogP contribution in [-0.4, -0.2) is 97.3 Å². The lowest BCUT2D eigenvalue weighted by atomic mass is 10.00. The molecule has 10 nitrogen and oxygen atoms in total. The summed E-state index contributed by atoms with van der Waals surface area (Å²) in [5, 5.41) is 30.9. The van der Waals surface area contributed by atoms with Crippen LogP contribution in [0.3, 0.4) is 0 Å². The molecule has 1 saturated heterocycles. The summed E-state index contributed by atoms with van der Waals surface area (Å²) in [5.41, 5.74) is 0. The third-order valence-electron chi connectivity index (χ3n) is 10.3. The van der Waals surface area contributed by atoms with Crippen molar-refractivity contribution in [3.8, 4) is 0 Å².